The van der Waals surface area contributed by atoms with Gasteiger partial charge in [0.05, 0.1) is 0 Å². The van der Waals surface area contributed by atoms with Gasteiger partial charge in [-0.1, -0.05) is 43.2 Å². The molecule has 0 aliphatic heterocycles. The maximum absolute atomic E-state index is 11.2. The zero-order chi connectivity index (χ0) is 17.4. The zero-order valence-electron chi connectivity index (χ0n) is 15.4. The average molecular weight is 306 g/mol. The van der Waals surface area contributed by atoms with Gasteiger partial charge >= 0.3 is 0 Å². The van der Waals surface area contributed by atoms with Crippen LogP contribution in [0.4, 0.5) is 0 Å². The smallest absolute Gasteiger partial charge is 0.155 e. The minimum Gasteiger partial charge on any atom is -0.300 e. The van der Waals surface area contributed by atoms with Crippen molar-refractivity contribution >= 4 is 11.6 Å². The lowest BCUT2D eigenvalue weighted by Gasteiger charge is -1.96. The summed E-state index contributed by atoms with van der Waals surface area (Å²) in [5, 5.41) is 0. The molecule has 0 saturated carbocycles. The fraction of sp³-hybridized carbons (Fsp3) is 0.600. The molecule has 126 valence electrons. The zero-order valence-corrected chi connectivity index (χ0v) is 15.4. The third-order valence-electron chi connectivity index (χ3n) is 2.85. The number of hydrogen-bond acceptors (Lipinski definition) is 2. The van der Waals surface area contributed by atoms with Gasteiger partial charge in [0, 0.05) is 12.8 Å². The predicted molar refractivity (Wildman–Crippen MR) is 97.1 cm³/mol. The molecule has 0 radical (unpaired) electrons. The molecule has 0 spiro atoms. The normalized spacial score (nSPS) is 10.9. The van der Waals surface area contributed by atoms with Crippen molar-refractivity contribution in [2.75, 3.05) is 0 Å². The van der Waals surface area contributed by atoms with Crippen LogP contribution in [0.15, 0.2) is 35.5 Å². The number of carbonyl (C=O) groups excluding carboxylic acids is 2. The van der Waals surface area contributed by atoms with Gasteiger partial charge in [-0.2, -0.15) is 0 Å². The summed E-state index contributed by atoms with van der Waals surface area (Å²) in [4.78, 5) is 21.2. The van der Waals surface area contributed by atoms with Gasteiger partial charge in [-0.3, -0.25) is 4.79 Å². The van der Waals surface area contributed by atoms with Crippen LogP contribution in [0.2, 0.25) is 0 Å². The molecule has 0 aliphatic rings. The van der Waals surface area contributed by atoms with Crippen molar-refractivity contribution in [1.82, 2.24) is 0 Å². The molecule has 0 atom stereocenters. The number of rotatable bonds is 9. The Balaban J connectivity index is 0. The Hall–Kier alpha value is -1.44. The van der Waals surface area contributed by atoms with Crippen LogP contribution in [-0.4, -0.2) is 11.6 Å². The molecule has 2 nitrogen and oxygen atoms in total. The summed E-state index contributed by atoms with van der Waals surface area (Å²) in [5.74, 6) is 0.508. The Labute approximate surface area is 137 Å². The number of ketones is 2. The van der Waals surface area contributed by atoms with Gasteiger partial charge in [0.2, 0.25) is 0 Å². The Bertz CT molecular complexity index is 394. The van der Waals surface area contributed by atoms with Crippen LogP contribution in [0.25, 0.3) is 0 Å². The summed E-state index contributed by atoms with van der Waals surface area (Å²) in [6.07, 6.45) is 13.3. The fourth-order valence-electron chi connectivity index (χ4n) is 1.67. The largest absolute Gasteiger partial charge is 0.300 e. The second kappa shape index (κ2) is 15.9. The average Bonchev–Trinajstić information content (AvgIpc) is 2.39. The van der Waals surface area contributed by atoms with Crippen molar-refractivity contribution in [3.8, 4) is 0 Å². The van der Waals surface area contributed by atoms with E-state index in [0.29, 0.717) is 6.42 Å². The van der Waals surface area contributed by atoms with Crippen molar-refractivity contribution in [2.24, 2.45) is 0 Å². The molecule has 22 heavy (non-hydrogen) atoms. The number of hydrogen-bond donors (Lipinski definition) is 0. The second-order valence-electron chi connectivity index (χ2n) is 5.86. The summed E-state index contributed by atoms with van der Waals surface area (Å²) >= 11 is 0. The van der Waals surface area contributed by atoms with Crippen LogP contribution in [0.1, 0.15) is 80.1 Å². The second-order valence-corrected chi connectivity index (χ2v) is 5.86. The van der Waals surface area contributed by atoms with Crippen molar-refractivity contribution in [2.45, 2.75) is 80.1 Å². The van der Waals surface area contributed by atoms with E-state index in [4.69, 9.17) is 0 Å². The first-order chi connectivity index (χ1) is 10.3. The van der Waals surface area contributed by atoms with E-state index in [0.717, 1.165) is 32.1 Å². The van der Waals surface area contributed by atoms with Crippen LogP contribution in [0, 0.1) is 0 Å². The number of carbonyl (C=O) groups is 2. The van der Waals surface area contributed by atoms with Crippen molar-refractivity contribution < 1.29 is 9.59 Å². The van der Waals surface area contributed by atoms with Gasteiger partial charge in [-0.15, -0.1) is 0 Å². The van der Waals surface area contributed by atoms with E-state index in [9.17, 15) is 9.59 Å². The highest BCUT2D eigenvalue weighted by Crippen LogP contribution is 2.06. The number of allylic oxidation sites excluding steroid dienone is 6. The fourth-order valence-corrected chi connectivity index (χ4v) is 1.67. The first-order valence-corrected chi connectivity index (χ1v) is 8.32. The lowest BCUT2D eigenvalue weighted by molar-refractivity contribution is -0.117. The molecular weight excluding hydrogens is 272 g/mol. The third kappa shape index (κ3) is 20.9. The van der Waals surface area contributed by atoms with Crippen LogP contribution in [0.3, 0.4) is 0 Å². The molecule has 0 N–H and O–H groups in total. The van der Waals surface area contributed by atoms with Gasteiger partial charge in [-0.05, 0) is 59.5 Å². The van der Waals surface area contributed by atoms with Crippen molar-refractivity contribution in [1.29, 1.82) is 0 Å². The molecular formula is C20H34O2. The maximum atomic E-state index is 11.2. The maximum Gasteiger partial charge on any atom is 0.155 e. The molecule has 0 amide bonds. The molecule has 2 heteroatoms. The van der Waals surface area contributed by atoms with Crippen molar-refractivity contribution in [3.63, 3.8) is 0 Å². The molecule has 0 aliphatic carbocycles. The van der Waals surface area contributed by atoms with Crippen LogP contribution < -0.4 is 0 Å². The third-order valence-corrected chi connectivity index (χ3v) is 2.85. The monoisotopic (exact) mass is 306 g/mol. The summed E-state index contributed by atoms with van der Waals surface area (Å²) in [6, 6.07) is 0. The molecule has 0 saturated heterocycles. The first-order valence-electron chi connectivity index (χ1n) is 8.32. The van der Waals surface area contributed by atoms with E-state index in [1.165, 1.54) is 11.1 Å². The summed E-state index contributed by atoms with van der Waals surface area (Å²) < 4.78 is 0. The van der Waals surface area contributed by atoms with Crippen LogP contribution >= 0.6 is 0 Å². The molecule has 0 aromatic rings. The highest BCUT2D eigenvalue weighted by atomic mass is 16.1. The minimum absolute atomic E-state index is 0.218. The van der Waals surface area contributed by atoms with E-state index < -0.39 is 0 Å². The predicted octanol–water partition coefficient (Wildman–Crippen LogP) is 5.98. The quantitative estimate of drug-likeness (QED) is 0.298. The van der Waals surface area contributed by atoms with E-state index >= 15 is 0 Å². The minimum atomic E-state index is 0.218. The van der Waals surface area contributed by atoms with Gasteiger partial charge < -0.3 is 4.79 Å². The van der Waals surface area contributed by atoms with Crippen LogP contribution in [0.5, 0.6) is 0 Å². The molecule has 0 bridgehead atoms. The van der Waals surface area contributed by atoms with E-state index in [1.807, 2.05) is 26.0 Å². The Morgan fingerprint density at radius 1 is 0.864 bits per heavy atom. The summed E-state index contributed by atoms with van der Waals surface area (Å²) in [6.45, 7) is 12.0. The molecule has 0 fully saturated rings. The first kappa shape index (κ1) is 22.8. The molecule has 0 unspecified atom stereocenters. The number of Topliss-reactive ketones (excluding diaryl/α,β-unsaturated/α-hetero) is 1. The topological polar surface area (TPSA) is 34.1 Å². The summed E-state index contributed by atoms with van der Waals surface area (Å²) in [5.41, 5.74) is 2.68. The molecule has 0 aromatic carbocycles. The molecule has 0 heterocycles. The van der Waals surface area contributed by atoms with E-state index in [-0.39, 0.29) is 11.6 Å². The van der Waals surface area contributed by atoms with E-state index in [1.54, 1.807) is 13.0 Å². The Morgan fingerprint density at radius 2 is 1.45 bits per heavy atom. The SMILES string of the molecule is CCCC(=O)C=CC=C(C)CCC=C(C)C.CCCC(C)=O. The highest BCUT2D eigenvalue weighted by molar-refractivity contribution is 5.89. The van der Waals surface area contributed by atoms with Crippen LogP contribution in [-0.2, 0) is 9.59 Å². The lowest BCUT2D eigenvalue weighted by atomic mass is 10.1. The Morgan fingerprint density at radius 3 is 1.86 bits per heavy atom. The standard InChI is InChI=1S/C15H24O.C5H10O/c1-5-8-15(16)12-7-11-14(4)10-6-9-13(2)3;1-3-4-5(2)6/h7,9,11-12H,5-6,8,10H2,1-4H3;3-4H2,1-2H3. The highest BCUT2D eigenvalue weighted by Gasteiger charge is 1.91. The summed E-state index contributed by atoms with van der Waals surface area (Å²) in [7, 11) is 0. The Kier molecular flexibility index (Phi) is 16.5. The molecule has 0 rings (SSSR count). The van der Waals surface area contributed by atoms with Gasteiger partial charge in [-0.25, -0.2) is 0 Å². The van der Waals surface area contributed by atoms with Gasteiger partial charge in [0.25, 0.3) is 0 Å². The lowest BCUT2D eigenvalue weighted by Crippen LogP contribution is -1.89. The molecule has 0 aromatic heterocycles. The van der Waals surface area contributed by atoms with Crippen molar-refractivity contribution in [3.05, 3.63) is 35.5 Å². The van der Waals surface area contributed by atoms with Gasteiger partial charge in [0.1, 0.15) is 5.78 Å². The van der Waals surface area contributed by atoms with E-state index in [2.05, 4.69) is 26.8 Å². The van der Waals surface area contributed by atoms with Gasteiger partial charge in [0.15, 0.2) is 5.78 Å².